The molecule has 0 spiro atoms. The Morgan fingerprint density at radius 3 is 2.22 bits per heavy atom. The van der Waals surface area contributed by atoms with E-state index in [1.54, 1.807) is 0 Å². The number of benzene rings is 1. The van der Waals surface area contributed by atoms with Crippen LogP contribution in [0.5, 0.6) is 0 Å². The lowest BCUT2D eigenvalue weighted by Gasteiger charge is -2.32. The average molecular weight is 517 g/mol. The summed E-state index contributed by atoms with van der Waals surface area (Å²) in [5.41, 5.74) is -2.49. The summed E-state index contributed by atoms with van der Waals surface area (Å²) in [6, 6.07) is 3.97. The maximum absolute atomic E-state index is 13.1. The predicted octanol–water partition coefficient (Wildman–Crippen LogP) is 4.40. The second-order valence-electron chi connectivity index (χ2n) is 9.50. The molecule has 2 unspecified atom stereocenters. The summed E-state index contributed by atoms with van der Waals surface area (Å²) in [6.45, 7) is 2.09. The number of alkyl halides is 6. The molecule has 2 saturated heterocycles. The number of carbonyl (C=O) groups excluding carboxylic acids is 1. The summed E-state index contributed by atoms with van der Waals surface area (Å²) in [6.07, 6.45) is -7.90. The van der Waals surface area contributed by atoms with Gasteiger partial charge in [0.1, 0.15) is 6.61 Å². The Balaban J connectivity index is 1.26. The van der Waals surface area contributed by atoms with E-state index in [-0.39, 0.29) is 18.2 Å². The molecule has 4 heterocycles. The molecular formula is C23H25F6N5O2. The number of hydrogen-bond donors (Lipinski definition) is 1. The molecule has 2 atom stereocenters. The van der Waals surface area contributed by atoms with Gasteiger partial charge in [0, 0.05) is 44.3 Å². The number of nitrogens with one attached hydrogen (secondary N) is 1. The van der Waals surface area contributed by atoms with Gasteiger partial charge in [0.25, 0.3) is 0 Å². The van der Waals surface area contributed by atoms with Crippen molar-refractivity contribution in [2.75, 3.05) is 24.5 Å². The van der Waals surface area contributed by atoms with Gasteiger partial charge < -0.3 is 19.9 Å². The Bertz CT molecular complexity index is 1090. The number of fused-ring (bicyclic) bond motifs is 3. The lowest BCUT2D eigenvalue weighted by molar-refractivity contribution is -0.143. The molecule has 1 amide bonds. The quantitative estimate of drug-likeness (QED) is 0.612. The normalized spacial score (nSPS) is 22.4. The number of hydrogen-bond acceptors (Lipinski definition) is 5. The summed E-state index contributed by atoms with van der Waals surface area (Å²) in [5.74, 6) is 0.835. The van der Waals surface area contributed by atoms with Gasteiger partial charge in [-0.2, -0.15) is 31.4 Å². The molecule has 2 aromatic rings. The molecule has 1 N–H and O–H groups in total. The molecule has 3 aliphatic heterocycles. The molecule has 2 fully saturated rings. The highest BCUT2D eigenvalue weighted by Gasteiger charge is 2.37. The van der Waals surface area contributed by atoms with Crippen LogP contribution >= 0.6 is 0 Å². The van der Waals surface area contributed by atoms with Gasteiger partial charge in [0.2, 0.25) is 0 Å². The van der Waals surface area contributed by atoms with E-state index >= 15 is 0 Å². The van der Waals surface area contributed by atoms with Crippen molar-refractivity contribution in [2.24, 2.45) is 0 Å². The molecule has 196 valence electrons. The van der Waals surface area contributed by atoms with Crippen molar-refractivity contribution in [3.8, 4) is 0 Å². The van der Waals surface area contributed by atoms with Crippen LogP contribution in [-0.2, 0) is 36.8 Å². The fourth-order valence-corrected chi connectivity index (χ4v) is 5.08. The van der Waals surface area contributed by atoms with Gasteiger partial charge in [0.15, 0.2) is 5.82 Å². The number of anilines is 1. The largest absolute Gasteiger partial charge is 0.445 e. The molecule has 5 rings (SSSR count). The molecule has 0 saturated carbocycles. The van der Waals surface area contributed by atoms with Crippen LogP contribution in [0.25, 0.3) is 0 Å². The number of aromatic nitrogens is 2. The second-order valence-corrected chi connectivity index (χ2v) is 9.50. The van der Waals surface area contributed by atoms with E-state index in [1.165, 1.54) is 4.90 Å². The van der Waals surface area contributed by atoms with Crippen molar-refractivity contribution in [1.82, 2.24) is 20.0 Å². The van der Waals surface area contributed by atoms with Crippen LogP contribution in [0.3, 0.4) is 0 Å². The van der Waals surface area contributed by atoms with Crippen LogP contribution in [0.2, 0.25) is 0 Å². The number of nitrogens with zero attached hydrogens (tertiary/aromatic N) is 4. The number of carbonyl (C=O) groups is 1. The Hall–Kier alpha value is -2.96. The molecule has 1 aromatic carbocycles. The number of amides is 1. The topological polar surface area (TPSA) is 62.6 Å². The van der Waals surface area contributed by atoms with Crippen LogP contribution in [0.1, 0.15) is 41.6 Å². The first kappa shape index (κ1) is 24.7. The molecular weight excluding hydrogens is 492 g/mol. The van der Waals surface area contributed by atoms with Crippen molar-refractivity contribution in [1.29, 1.82) is 0 Å². The Morgan fingerprint density at radius 1 is 0.972 bits per heavy atom. The second kappa shape index (κ2) is 9.16. The van der Waals surface area contributed by atoms with E-state index in [2.05, 4.69) is 10.2 Å². The van der Waals surface area contributed by atoms with Gasteiger partial charge in [-0.25, -0.2) is 4.79 Å². The van der Waals surface area contributed by atoms with E-state index in [4.69, 9.17) is 9.84 Å². The molecule has 0 aliphatic carbocycles. The van der Waals surface area contributed by atoms with Gasteiger partial charge in [0.05, 0.1) is 23.4 Å². The standard InChI is InChI=1S/C23H25F6N5O2/c24-22(25,26)15-6-14(7-16(8-15)23(27,28)29)13-36-21(35)32-4-1-5-34-19(12-32)9-20(31-34)33-10-17-2-3-18(11-33)30-17/h6-9,17-18,30H,1-5,10-13H2. The SMILES string of the molecule is O=C(OCc1cc(C(F)(F)F)cc(C(F)(F)F)c1)N1CCCn2nc(N3CC4CCC(C3)N4)cc2C1. The minimum Gasteiger partial charge on any atom is -0.445 e. The fourth-order valence-electron chi connectivity index (χ4n) is 5.08. The summed E-state index contributed by atoms with van der Waals surface area (Å²) in [7, 11) is 0. The summed E-state index contributed by atoms with van der Waals surface area (Å²) >= 11 is 0. The van der Waals surface area contributed by atoms with Crippen molar-refractivity contribution in [3.05, 3.63) is 46.6 Å². The van der Waals surface area contributed by atoms with Crippen LogP contribution in [0.4, 0.5) is 37.0 Å². The van der Waals surface area contributed by atoms with Gasteiger partial charge in [-0.15, -0.1) is 0 Å². The van der Waals surface area contributed by atoms with Crippen LogP contribution in [0.15, 0.2) is 24.3 Å². The van der Waals surface area contributed by atoms with Crippen molar-refractivity contribution < 1.29 is 35.9 Å². The molecule has 0 radical (unpaired) electrons. The highest BCUT2D eigenvalue weighted by Crippen LogP contribution is 2.36. The Morgan fingerprint density at radius 2 is 1.61 bits per heavy atom. The average Bonchev–Trinajstić information content (AvgIpc) is 3.30. The number of halogens is 6. The van der Waals surface area contributed by atoms with Gasteiger partial charge in [-0.1, -0.05) is 0 Å². The van der Waals surface area contributed by atoms with Gasteiger partial charge in [-0.05, 0) is 43.0 Å². The third kappa shape index (κ3) is 5.25. The zero-order chi connectivity index (χ0) is 25.7. The number of rotatable bonds is 3. The smallest absolute Gasteiger partial charge is 0.416 e. The molecule has 2 bridgehead atoms. The summed E-state index contributed by atoms with van der Waals surface area (Å²) in [4.78, 5) is 16.3. The monoisotopic (exact) mass is 517 g/mol. The van der Waals surface area contributed by atoms with E-state index < -0.39 is 36.2 Å². The fraction of sp³-hybridized carbons (Fsp3) is 0.565. The lowest BCUT2D eigenvalue weighted by atomic mass is 10.1. The van der Waals surface area contributed by atoms with Crippen LogP contribution < -0.4 is 10.2 Å². The minimum atomic E-state index is -4.97. The first-order valence-corrected chi connectivity index (χ1v) is 11.7. The van der Waals surface area contributed by atoms with Crippen molar-refractivity contribution in [2.45, 2.75) is 63.4 Å². The van der Waals surface area contributed by atoms with E-state index in [1.807, 2.05) is 10.7 Å². The van der Waals surface area contributed by atoms with Crippen molar-refractivity contribution in [3.63, 3.8) is 0 Å². The van der Waals surface area contributed by atoms with Crippen molar-refractivity contribution >= 4 is 11.9 Å². The van der Waals surface area contributed by atoms with Crippen LogP contribution in [0, 0.1) is 0 Å². The maximum atomic E-state index is 13.1. The number of ether oxygens (including phenoxy) is 1. The zero-order valence-electron chi connectivity index (χ0n) is 19.2. The van der Waals surface area contributed by atoms with E-state index in [0.29, 0.717) is 43.7 Å². The summed E-state index contributed by atoms with van der Waals surface area (Å²) < 4.78 is 85.6. The first-order valence-electron chi connectivity index (χ1n) is 11.7. The molecule has 13 heteroatoms. The summed E-state index contributed by atoms with van der Waals surface area (Å²) in [5, 5.41) is 8.27. The molecule has 3 aliphatic rings. The van der Waals surface area contributed by atoms with E-state index in [0.717, 1.165) is 37.4 Å². The number of aryl methyl sites for hydroxylation is 1. The molecule has 36 heavy (non-hydrogen) atoms. The van der Waals surface area contributed by atoms with Crippen LogP contribution in [-0.4, -0.2) is 52.5 Å². The maximum Gasteiger partial charge on any atom is 0.416 e. The third-order valence-electron chi connectivity index (χ3n) is 6.81. The van der Waals surface area contributed by atoms with Gasteiger partial charge in [-0.3, -0.25) is 4.68 Å². The molecule has 7 nitrogen and oxygen atoms in total. The number of piperazine rings is 1. The first-order chi connectivity index (χ1) is 17.0. The lowest BCUT2D eigenvalue weighted by Crippen LogP contribution is -2.51. The highest BCUT2D eigenvalue weighted by molar-refractivity contribution is 5.67. The van der Waals surface area contributed by atoms with Gasteiger partial charge >= 0.3 is 18.4 Å². The Kier molecular flexibility index (Phi) is 6.29. The van der Waals surface area contributed by atoms with E-state index in [9.17, 15) is 31.1 Å². The third-order valence-corrected chi connectivity index (χ3v) is 6.81. The minimum absolute atomic E-state index is 0.0443. The predicted molar refractivity (Wildman–Crippen MR) is 116 cm³/mol. The zero-order valence-corrected chi connectivity index (χ0v) is 19.2. The molecule has 1 aromatic heterocycles. The highest BCUT2D eigenvalue weighted by atomic mass is 19.4. The Labute approximate surface area is 203 Å².